The van der Waals surface area contributed by atoms with Crippen LogP contribution in [0.2, 0.25) is 0 Å². The molecule has 4 heteroatoms. The van der Waals surface area contributed by atoms with Crippen molar-refractivity contribution in [2.24, 2.45) is 5.73 Å². The highest BCUT2D eigenvalue weighted by Crippen LogP contribution is 1.98. The first kappa shape index (κ1) is 13.4. The predicted octanol–water partition coefficient (Wildman–Crippen LogP) is 0.394. The Balaban J connectivity index is 3.11. The van der Waals surface area contributed by atoms with Gasteiger partial charge in [0.15, 0.2) is 0 Å². The molecular formula is C10H22N2O2. The van der Waals surface area contributed by atoms with Crippen LogP contribution in [0.4, 0.5) is 0 Å². The third-order valence-corrected chi connectivity index (χ3v) is 2.02. The fraction of sp³-hybridized carbons (Fsp3) is 0.900. The number of unbranched alkanes of at least 4 members (excludes halogenated alkanes) is 3. The van der Waals surface area contributed by atoms with E-state index in [1.54, 1.807) is 0 Å². The SMILES string of the molecule is NCCCCNC(=O)CCCCCO. The molecule has 1 amide bonds. The van der Waals surface area contributed by atoms with Crippen LogP contribution in [-0.4, -0.2) is 30.7 Å². The molecule has 0 saturated heterocycles. The van der Waals surface area contributed by atoms with Crippen LogP contribution in [0.25, 0.3) is 0 Å². The summed E-state index contributed by atoms with van der Waals surface area (Å²) in [6.07, 6.45) is 5.07. The first-order chi connectivity index (χ1) is 6.81. The molecule has 4 nitrogen and oxygen atoms in total. The van der Waals surface area contributed by atoms with Crippen molar-refractivity contribution >= 4 is 5.91 Å². The van der Waals surface area contributed by atoms with Crippen molar-refractivity contribution in [2.75, 3.05) is 19.7 Å². The average Bonchev–Trinajstić information content (AvgIpc) is 2.19. The van der Waals surface area contributed by atoms with Gasteiger partial charge in [-0.25, -0.2) is 0 Å². The molecule has 0 aromatic carbocycles. The van der Waals surface area contributed by atoms with Crippen molar-refractivity contribution in [3.63, 3.8) is 0 Å². The van der Waals surface area contributed by atoms with E-state index < -0.39 is 0 Å². The van der Waals surface area contributed by atoms with Gasteiger partial charge in [-0.1, -0.05) is 6.42 Å². The van der Waals surface area contributed by atoms with Gasteiger partial charge >= 0.3 is 0 Å². The number of carbonyl (C=O) groups excluding carboxylic acids is 1. The summed E-state index contributed by atoms with van der Waals surface area (Å²) in [7, 11) is 0. The van der Waals surface area contributed by atoms with Crippen LogP contribution in [0.3, 0.4) is 0 Å². The van der Waals surface area contributed by atoms with E-state index >= 15 is 0 Å². The molecule has 0 aromatic heterocycles. The summed E-state index contributed by atoms with van der Waals surface area (Å²) in [6.45, 7) is 1.64. The molecule has 0 aliphatic rings. The Morgan fingerprint density at radius 2 is 1.93 bits per heavy atom. The lowest BCUT2D eigenvalue weighted by Crippen LogP contribution is -2.24. The number of aliphatic hydroxyl groups excluding tert-OH is 1. The van der Waals surface area contributed by atoms with Crippen LogP contribution < -0.4 is 11.1 Å². The maximum absolute atomic E-state index is 11.2. The molecule has 0 aliphatic carbocycles. The van der Waals surface area contributed by atoms with Gasteiger partial charge in [0.1, 0.15) is 0 Å². The number of hydrogen-bond donors (Lipinski definition) is 3. The molecule has 0 radical (unpaired) electrons. The van der Waals surface area contributed by atoms with Gasteiger partial charge in [-0.2, -0.15) is 0 Å². The summed E-state index contributed by atoms with van der Waals surface area (Å²) < 4.78 is 0. The zero-order valence-electron chi connectivity index (χ0n) is 8.80. The van der Waals surface area contributed by atoms with Gasteiger partial charge in [0.05, 0.1) is 0 Å². The van der Waals surface area contributed by atoms with Crippen molar-refractivity contribution in [1.29, 1.82) is 0 Å². The van der Waals surface area contributed by atoms with Crippen molar-refractivity contribution in [3.8, 4) is 0 Å². The summed E-state index contributed by atoms with van der Waals surface area (Å²) in [6, 6.07) is 0. The predicted molar refractivity (Wildman–Crippen MR) is 56.9 cm³/mol. The molecular weight excluding hydrogens is 180 g/mol. The number of hydrogen-bond acceptors (Lipinski definition) is 3. The molecule has 0 heterocycles. The van der Waals surface area contributed by atoms with E-state index in [9.17, 15) is 4.79 Å². The van der Waals surface area contributed by atoms with Gasteiger partial charge in [-0.05, 0) is 32.2 Å². The van der Waals surface area contributed by atoms with Crippen molar-refractivity contribution < 1.29 is 9.90 Å². The van der Waals surface area contributed by atoms with Crippen molar-refractivity contribution in [1.82, 2.24) is 5.32 Å². The first-order valence-corrected chi connectivity index (χ1v) is 5.39. The fourth-order valence-electron chi connectivity index (χ4n) is 1.16. The highest BCUT2D eigenvalue weighted by Gasteiger charge is 1.99. The lowest BCUT2D eigenvalue weighted by Gasteiger charge is -2.03. The lowest BCUT2D eigenvalue weighted by atomic mass is 10.2. The van der Waals surface area contributed by atoms with Gasteiger partial charge in [-0.3, -0.25) is 4.79 Å². The number of carbonyl (C=O) groups is 1. The van der Waals surface area contributed by atoms with Crippen molar-refractivity contribution in [3.05, 3.63) is 0 Å². The normalized spacial score (nSPS) is 10.1. The van der Waals surface area contributed by atoms with Gasteiger partial charge in [-0.15, -0.1) is 0 Å². The summed E-state index contributed by atoms with van der Waals surface area (Å²) in [5.74, 6) is 0.111. The maximum atomic E-state index is 11.2. The molecule has 0 atom stereocenters. The second-order valence-corrected chi connectivity index (χ2v) is 3.38. The highest BCUT2D eigenvalue weighted by molar-refractivity contribution is 5.75. The van der Waals surface area contributed by atoms with E-state index in [-0.39, 0.29) is 12.5 Å². The van der Waals surface area contributed by atoms with Gasteiger partial charge in [0.2, 0.25) is 5.91 Å². The molecule has 4 N–H and O–H groups in total. The number of aliphatic hydroxyl groups is 1. The van der Waals surface area contributed by atoms with E-state index in [1.165, 1.54) is 0 Å². The molecule has 0 fully saturated rings. The van der Waals surface area contributed by atoms with Crippen LogP contribution in [0, 0.1) is 0 Å². The molecule has 0 rings (SSSR count). The molecule has 0 saturated carbocycles. The van der Waals surface area contributed by atoms with Crippen LogP contribution >= 0.6 is 0 Å². The van der Waals surface area contributed by atoms with Crippen LogP contribution in [0.15, 0.2) is 0 Å². The minimum atomic E-state index is 0.111. The summed E-state index contributed by atoms with van der Waals surface area (Å²) in [5, 5.41) is 11.4. The number of rotatable bonds is 9. The Hall–Kier alpha value is -0.610. The molecule has 14 heavy (non-hydrogen) atoms. The average molecular weight is 202 g/mol. The lowest BCUT2D eigenvalue weighted by molar-refractivity contribution is -0.121. The van der Waals surface area contributed by atoms with Crippen LogP contribution in [0.5, 0.6) is 0 Å². The van der Waals surface area contributed by atoms with E-state index in [0.29, 0.717) is 13.0 Å². The molecule has 84 valence electrons. The fourth-order valence-corrected chi connectivity index (χ4v) is 1.16. The zero-order valence-corrected chi connectivity index (χ0v) is 8.80. The molecule has 0 spiro atoms. The largest absolute Gasteiger partial charge is 0.396 e. The Bertz CT molecular complexity index is 126. The Labute approximate surface area is 85.9 Å². The third-order valence-electron chi connectivity index (χ3n) is 2.02. The smallest absolute Gasteiger partial charge is 0.219 e. The van der Waals surface area contributed by atoms with E-state index in [0.717, 1.165) is 38.6 Å². The monoisotopic (exact) mass is 202 g/mol. The number of nitrogens with one attached hydrogen (secondary N) is 1. The molecule has 0 unspecified atom stereocenters. The minimum absolute atomic E-state index is 0.111. The highest BCUT2D eigenvalue weighted by atomic mass is 16.2. The van der Waals surface area contributed by atoms with Gasteiger partial charge in [0, 0.05) is 19.6 Å². The van der Waals surface area contributed by atoms with E-state index in [1.807, 2.05) is 0 Å². The second-order valence-electron chi connectivity index (χ2n) is 3.38. The molecule has 0 bridgehead atoms. The molecule has 0 aliphatic heterocycles. The minimum Gasteiger partial charge on any atom is -0.396 e. The summed E-state index contributed by atoms with van der Waals surface area (Å²) in [5.41, 5.74) is 5.32. The molecule has 0 aromatic rings. The Kier molecular flexibility index (Phi) is 10.0. The van der Waals surface area contributed by atoms with E-state index in [4.69, 9.17) is 10.8 Å². The Morgan fingerprint density at radius 1 is 1.14 bits per heavy atom. The zero-order chi connectivity index (χ0) is 10.6. The van der Waals surface area contributed by atoms with Gasteiger partial charge in [0.25, 0.3) is 0 Å². The Morgan fingerprint density at radius 3 is 2.57 bits per heavy atom. The topological polar surface area (TPSA) is 75.3 Å². The standard InChI is InChI=1S/C10H22N2O2/c11-7-3-4-8-12-10(14)6-2-1-5-9-13/h13H,1-9,11H2,(H,12,14). The third kappa shape index (κ3) is 9.48. The van der Waals surface area contributed by atoms with Crippen LogP contribution in [-0.2, 0) is 4.79 Å². The van der Waals surface area contributed by atoms with Gasteiger partial charge < -0.3 is 16.2 Å². The summed E-state index contributed by atoms with van der Waals surface area (Å²) >= 11 is 0. The summed E-state index contributed by atoms with van der Waals surface area (Å²) in [4.78, 5) is 11.2. The number of amides is 1. The maximum Gasteiger partial charge on any atom is 0.219 e. The van der Waals surface area contributed by atoms with E-state index in [2.05, 4.69) is 5.32 Å². The quantitative estimate of drug-likeness (QED) is 0.474. The number of nitrogens with two attached hydrogens (primary N) is 1. The second kappa shape index (κ2) is 10.5. The van der Waals surface area contributed by atoms with Crippen molar-refractivity contribution in [2.45, 2.75) is 38.5 Å². The van der Waals surface area contributed by atoms with Crippen LogP contribution in [0.1, 0.15) is 38.5 Å². The first-order valence-electron chi connectivity index (χ1n) is 5.39.